The van der Waals surface area contributed by atoms with Gasteiger partial charge in [-0.15, -0.1) is 0 Å². The lowest BCUT2D eigenvalue weighted by Crippen LogP contribution is -2.49. The number of piperazine rings is 1. The molecule has 1 unspecified atom stereocenters. The number of nitro groups is 1. The zero-order chi connectivity index (χ0) is 20.4. The summed E-state index contributed by atoms with van der Waals surface area (Å²) in [6.07, 6.45) is 3.01. The van der Waals surface area contributed by atoms with Gasteiger partial charge < -0.3 is 20.9 Å². The molecule has 0 amide bonds. The number of benzene rings is 2. The highest BCUT2D eigenvalue weighted by Crippen LogP contribution is 2.37. The Labute approximate surface area is 168 Å². The number of non-ortho nitro benzene ring substituents is 1. The second-order valence-corrected chi connectivity index (χ2v) is 7.06. The first kappa shape index (κ1) is 18.8. The van der Waals surface area contributed by atoms with Crippen LogP contribution in [-0.2, 0) is 5.66 Å². The average Bonchev–Trinajstić information content (AvgIpc) is 2.76. The molecule has 2 aromatic carbocycles. The molecule has 2 aliphatic heterocycles. The fourth-order valence-electron chi connectivity index (χ4n) is 3.74. The van der Waals surface area contributed by atoms with Crippen LogP contribution in [0.1, 0.15) is 5.56 Å². The maximum Gasteiger partial charge on any atom is 0.270 e. The van der Waals surface area contributed by atoms with Gasteiger partial charge in [-0.2, -0.15) is 0 Å². The van der Waals surface area contributed by atoms with Gasteiger partial charge in [0.1, 0.15) is 0 Å². The van der Waals surface area contributed by atoms with Gasteiger partial charge in [0, 0.05) is 61.4 Å². The van der Waals surface area contributed by atoms with Crippen LogP contribution in [-0.4, -0.2) is 37.4 Å². The first-order valence-electron chi connectivity index (χ1n) is 9.37. The number of anilines is 2. The van der Waals surface area contributed by atoms with Crippen molar-refractivity contribution >= 4 is 23.4 Å². The zero-order valence-electron chi connectivity index (χ0n) is 15.9. The summed E-state index contributed by atoms with van der Waals surface area (Å²) in [7, 11) is 0. The molecular formula is C20H23N7O2. The van der Waals surface area contributed by atoms with Gasteiger partial charge in [-0.3, -0.25) is 15.8 Å². The van der Waals surface area contributed by atoms with Crippen LogP contribution in [0.15, 0.2) is 65.4 Å². The van der Waals surface area contributed by atoms with Crippen LogP contribution in [0.3, 0.4) is 0 Å². The number of hydrogen-bond acceptors (Lipinski definition) is 8. The van der Waals surface area contributed by atoms with Crippen molar-refractivity contribution in [2.75, 3.05) is 36.0 Å². The molecule has 1 fully saturated rings. The molecular weight excluding hydrogens is 370 g/mol. The van der Waals surface area contributed by atoms with Crippen LogP contribution in [0.4, 0.5) is 17.1 Å². The fraction of sp³-hybridized carbons (Fsp3) is 0.250. The molecule has 0 bridgehead atoms. The molecule has 0 aliphatic carbocycles. The molecule has 9 nitrogen and oxygen atoms in total. The Balaban J connectivity index is 1.66. The molecule has 5 N–H and O–H groups in total. The van der Waals surface area contributed by atoms with E-state index in [1.165, 1.54) is 24.2 Å². The summed E-state index contributed by atoms with van der Waals surface area (Å²) in [5.74, 6) is 0. The fourth-order valence-corrected chi connectivity index (χ4v) is 3.74. The number of nitrogens with one attached hydrogen (secondary N) is 1. The van der Waals surface area contributed by atoms with Crippen molar-refractivity contribution in [3.05, 3.63) is 76.1 Å². The van der Waals surface area contributed by atoms with E-state index in [0.717, 1.165) is 31.9 Å². The van der Waals surface area contributed by atoms with Gasteiger partial charge in [0.05, 0.1) is 17.0 Å². The predicted molar refractivity (Wildman–Crippen MR) is 114 cm³/mol. The highest BCUT2D eigenvalue weighted by Gasteiger charge is 2.36. The maximum absolute atomic E-state index is 11.4. The SMILES string of the molecule is NC1=CNC=NC1(N)c1cc([N+](=O)[O-])ccc1N1CCN(c2ccccc2)CC1. The summed E-state index contributed by atoms with van der Waals surface area (Å²) in [4.78, 5) is 19.7. The molecule has 0 aromatic heterocycles. The molecule has 1 atom stereocenters. The third-order valence-corrected chi connectivity index (χ3v) is 5.36. The second-order valence-electron chi connectivity index (χ2n) is 7.06. The number of nitrogens with zero attached hydrogens (tertiary/aromatic N) is 4. The Morgan fingerprint density at radius 3 is 2.41 bits per heavy atom. The molecule has 2 aromatic rings. The van der Waals surface area contributed by atoms with Crippen LogP contribution in [0.5, 0.6) is 0 Å². The lowest BCUT2D eigenvalue weighted by molar-refractivity contribution is -0.384. The molecule has 0 spiro atoms. The monoisotopic (exact) mass is 393 g/mol. The topological polar surface area (TPSA) is 126 Å². The quantitative estimate of drug-likeness (QED) is 0.530. The van der Waals surface area contributed by atoms with Gasteiger partial charge in [0.25, 0.3) is 5.69 Å². The first-order valence-corrected chi connectivity index (χ1v) is 9.37. The molecule has 2 aliphatic rings. The Hall–Kier alpha value is -3.59. The summed E-state index contributed by atoms with van der Waals surface area (Å²) in [5, 5.41) is 14.2. The van der Waals surface area contributed by atoms with Crippen molar-refractivity contribution in [2.24, 2.45) is 16.5 Å². The molecule has 2 heterocycles. The van der Waals surface area contributed by atoms with E-state index in [-0.39, 0.29) is 5.69 Å². The predicted octanol–water partition coefficient (Wildman–Crippen LogP) is 1.46. The Kier molecular flexibility index (Phi) is 4.81. The lowest BCUT2D eigenvalue weighted by Gasteiger charge is -2.40. The van der Waals surface area contributed by atoms with Crippen LogP contribution in [0.2, 0.25) is 0 Å². The van der Waals surface area contributed by atoms with Crippen LogP contribution >= 0.6 is 0 Å². The number of nitro benzene ring substituents is 1. The van der Waals surface area contributed by atoms with E-state index in [9.17, 15) is 10.1 Å². The minimum absolute atomic E-state index is 0.0435. The maximum atomic E-state index is 11.4. The van der Waals surface area contributed by atoms with Crippen molar-refractivity contribution < 1.29 is 4.92 Å². The number of aliphatic imine (C=N–C) groups is 1. The van der Waals surface area contributed by atoms with Crippen molar-refractivity contribution in [3.8, 4) is 0 Å². The van der Waals surface area contributed by atoms with E-state index in [0.29, 0.717) is 11.3 Å². The number of nitrogens with two attached hydrogens (primary N) is 2. The van der Waals surface area contributed by atoms with Gasteiger partial charge in [-0.1, -0.05) is 18.2 Å². The standard InChI is InChI=1S/C20H23N7O2/c21-19-13-23-14-24-20(19,22)17-12-16(27(28)29)6-7-18(17)26-10-8-25(9-11-26)15-4-2-1-3-5-15/h1-7,12-14H,8-11,21-22H2,(H,23,24). The van der Waals surface area contributed by atoms with E-state index in [2.05, 4.69) is 32.2 Å². The minimum Gasteiger partial charge on any atom is -0.397 e. The highest BCUT2D eigenvalue weighted by atomic mass is 16.6. The summed E-state index contributed by atoms with van der Waals surface area (Å²) in [6.45, 7) is 3.16. The van der Waals surface area contributed by atoms with Gasteiger partial charge >= 0.3 is 0 Å². The highest BCUT2D eigenvalue weighted by molar-refractivity contribution is 5.67. The zero-order valence-corrected chi connectivity index (χ0v) is 15.9. The van der Waals surface area contributed by atoms with Crippen molar-refractivity contribution in [3.63, 3.8) is 0 Å². The van der Waals surface area contributed by atoms with Crippen LogP contribution in [0.25, 0.3) is 0 Å². The van der Waals surface area contributed by atoms with Crippen molar-refractivity contribution in [2.45, 2.75) is 5.66 Å². The van der Waals surface area contributed by atoms with Crippen molar-refractivity contribution in [1.29, 1.82) is 0 Å². The summed E-state index contributed by atoms with van der Waals surface area (Å²) >= 11 is 0. The van der Waals surface area contributed by atoms with E-state index < -0.39 is 10.6 Å². The minimum atomic E-state index is -1.36. The molecule has 1 saturated heterocycles. The summed E-state index contributed by atoms with van der Waals surface area (Å²) in [5.41, 5.74) is 14.1. The summed E-state index contributed by atoms with van der Waals surface area (Å²) < 4.78 is 0. The Bertz CT molecular complexity index is 968. The number of para-hydroxylation sites is 1. The van der Waals surface area contributed by atoms with Gasteiger partial charge in [0.15, 0.2) is 5.66 Å². The van der Waals surface area contributed by atoms with Gasteiger partial charge in [0.2, 0.25) is 0 Å². The molecule has 29 heavy (non-hydrogen) atoms. The first-order chi connectivity index (χ1) is 14.0. The van der Waals surface area contributed by atoms with E-state index in [4.69, 9.17) is 11.5 Å². The van der Waals surface area contributed by atoms with Crippen molar-refractivity contribution in [1.82, 2.24) is 5.32 Å². The number of rotatable bonds is 4. The Morgan fingerprint density at radius 2 is 1.76 bits per heavy atom. The normalized spacial score (nSPS) is 21.5. The number of hydrogen-bond donors (Lipinski definition) is 3. The third kappa shape index (κ3) is 3.47. The Morgan fingerprint density at radius 1 is 1.07 bits per heavy atom. The van der Waals surface area contributed by atoms with Crippen LogP contribution < -0.4 is 26.6 Å². The van der Waals surface area contributed by atoms with E-state index in [1.807, 2.05) is 18.2 Å². The van der Waals surface area contributed by atoms with Crippen LogP contribution in [0, 0.1) is 10.1 Å². The third-order valence-electron chi connectivity index (χ3n) is 5.36. The molecule has 9 heteroatoms. The lowest BCUT2D eigenvalue weighted by atomic mass is 9.93. The second kappa shape index (κ2) is 7.44. The smallest absolute Gasteiger partial charge is 0.270 e. The van der Waals surface area contributed by atoms with Gasteiger partial charge in [-0.05, 0) is 18.2 Å². The molecule has 4 rings (SSSR count). The van der Waals surface area contributed by atoms with E-state index in [1.54, 1.807) is 12.3 Å². The van der Waals surface area contributed by atoms with E-state index >= 15 is 0 Å². The van der Waals surface area contributed by atoms with Gasteiger partial charge in [-0.25, -0.2) is 4.99 Å². The molecule has 0 radical (unpaired) electrons. The average molecular weight is 393 g/mol. The summed E-state index contributed by atoms with van der Waals surface area (Å²) in [6, 6.07) is 15.0. The molecule has 150 valence electrons. The largest absolute Gasteiger partial charge is 0.397 e. The molecule has 0 saturated carbocycles.